The Balaban J connectivity index is 2.50. The van der Waals surface area contributed by atoms with Gasteiger partial charge < -0.3 is 10.5 Å². The monoisotopic (exact) mass is 177 g/mol. The first-order valence-corrected chi connectivity index (χ1v) is 4.74. The third-order valence-electron chi connectivity index (χ3n) is 2.71. The normalized spacial score (nSPS) is 20.9. The maximum Gasteiger partial charge on any atom is 0.123 e. The van der Waals surface area contributed by atoms with Crippen molar-refractivity contribution in [3.63, 3.8) is 0 Å². The Bertz CT molecular complexity index is 295. The Morgan fingerprint density at radius 3 is 3.08 bits per heavy atom. The number of methoxy groups -OCH3 is 1. The Morgan fingerprint density at radius 2 is 2.31 bits per heavy atom. The van der Waals surface area contributed by atoms with E-state index in [1.807, 2.05) is 12.1 Å². The molecule has 1 aliphatic rings. The molecule has 2 heteroatoms. The van der Waals surface area contributed by atoms with Crippen LogP contribution >= 0.6 is 0 Å². The average molecular weight is 177 g/mol. The van der Waals surface area contributed by atoms with Crippen molar-refractivity contribution >= 4 is 0 Å². The zero-order valence-electron chi connectivity index (χ0n) is 7.92. The first-order valence-electron chi connectivity index (χ1n) is 4.74. The molecule has 1 atom stereocenters. The number of aryl methyl sites for hydroxylation is 1. The van der Waals surface area contributed by atoms with Gasteiger partial charge in [-0.2, -0.15) is 0 Å². The van der Waals surface area contributed by atoms with E-state index in [1.165, 1.54) is 17.5 Å². The van der Waals surface area contributed by atoms with Crippen LogP contribution in [-0.4, -0.2) is 7.11 Å². The van der Waals surface area contributed by atoms with Crippen LogP contribution in [0.1, 0.15) is 30.0 Å². The maximum atomic E-state index is 6.04. The van der Waals surface area contributed by atoms with Crippen LogP contribution in [0.4, 0.5) is 0 Å². The highest BCUT2D eigenvalue weighted by atomic mass is 16.5. The molecule has 1 aliphatic carbocycles. The van der Waals surface area contributed by atoms with Gasteiger partial charge in [-0.05, 0) is 30.9 Å². The van der Waals surface area contributed by atoms with E-state index in [0.29, 0.717) is 0 Å². The molecule has 1 aromatic rings. The van der Waals surface area contributed by atoms with Crippen molar-refractivity contribution in [3.05, 3.63) is 29.3 Å². The number of benzene rings is 1. The molecule has 0 aromatic heterocycles. The van der Waals surface area contributed by atoms with Gasteiger partial charge in [-0.15, -0.1) is 0 Å². The topological polar surface area (TPSA) is 35.2 Å². The van der Waals surface area contributed by atoms with Gasteiger partial charge in [0, 0.05) is 11.6 Å². The summed E-state index contributed by atoms with van der Waals surface area (Å²) in [7, 11) is 1.71. The first-order chi connectivity index (χ1) is 6.33. The summed E-state index contributed by atoms with van der Waals surface area (Å²) in [4.78, 5) is 0. The minimum absolute atomic E-state index is 0.167. The Labute approximate surface area is 78.7 Å². The highest BCUT2D eigenvalue weighted by Gasteiger charge is 2.19. The van der Waals surface area contributed by atoms with E-state index in [9.17, 15) is 0 Å². The predicted molar refractivity (Wildman–Crippen MR) is 52.9 cm³/mol. The molecule has 0 amide bonds. The Kier molecular flexibility index (Phi) is 2.23. The van der Waals surface area contributed by atoms with Gasteiger partial charge in [0.25, 0.3) is 0 Å². The second-order valence-corrected chi connectivity index (χ2v) is 3.53. The van der Waals surface area contributed by atoms with Gasteiger partial charge in [0.15, 0.2) is 0 Å². The van der Waals surface area contributed by atoms with E-state index in [-0.39, 0.29) is 6.04 Å². The van der Waals surface area contributed by atoms with Crippen molar-refractivity contribution in [2.75, 3.05) is 7.11 Å². The standard InChI is InChI=1S/C11H15NO/c1-13-10-7-3-5-8-4-2-6-9(12)11(8)10/h3,5,7,9H,2,4,6,12H2,1H3. The fourth-order valence-corrected chi connectivity index (χ4v) is 2.06. The van der Waals surface area contributed by atoms with Gasteiger partial charge in [0.05, 0.1) is 7.11 Å². The van der Waals surface area contributed by atoms with Gasteiger partial charge in [-0.1, -0.05) is 12.1 Å². The van der Waals surface area contributed by atoms with Crippen LogP contribution in [-0.2, 0) is 6.42 Å². The lowest BCUT2D eigenvalue weighted by Gasteiger charge is -2.24. The van der Waals surface area contributed by atoms with E-state index >= 15 is 0 Å². The molecule has 13 heavy (non-hydrogen) atoms. The molecule has 0 saturated heterocycles. The number of rotatable bonds is 1. The SMILES string of the molecule is COc1cccc2c1C(N)CCC2. The minimum atomic E-state index is 0.167. The summed E-state index contributed by atoms with van der Waals surface area (Å²) in [6, 6.07) is 6.34. The Hall–Kier alpha value is -1.02. The molecule has 0 bridgehead atoms. The first kappa shape index (κ1) is 8.57. The summed E-state index contributed by atoms with van der Waals surface area (Å²) in [5.41, 5.74) is 8.62. The van der Waals surface area contributed by atoms with Crippen molar-refractivity contribution in [1.29, 1.82) is 0 Å². The summed E-state index contributed by atoms with van der Waals surface area (Å²) >= 11 is 0. The highest BCUT2D eigenvalue weighted by Crippen LogP contribution is 2.34. The molecule has 0 saturated carbocycles. The van der Waals surface area contributed by atoms with E-state index in [4.69, 9.17) is 10.5 Å². The van der Waals surface area contributed by atoms with Gasteiger partial charge in [0.2, 0.25) is 0 Å². The van der Waals surface area contributed by atoms with Gasteiger partial charge in [-0.3, -0.25) is 0 Å². The fourth-order valence-electron chi connectivity index (χ4n) is 2.06. The predicted octanol–water partition coefficient (Wildman–Crippen LogP) is 2.03. The molecule has 70 valence electrons. The van der Waals surface area contributed by atoms with Gasteiger partial charge in [0.1, 0.15) is 5.75 Å². The van der Waals surface area contributed by atoms with E-state index in [1.54, 1.807) is 7.11 Å². The molecule has 0 heterocycles. The van der Waals surface area contributed by atoms with Crippen LogP contribution in [0.3, 0.4) is 0 Å². The molecular formula is C11H15NO. The van der Waals surface area contributed by atoms with Crippen molar-refractivity contribution in [2.24, 2.45) is 5.73 Å². The quantitative estimate of drug-likeness (QED) is 0.712. The molecular weight excluding hydrogens is 162 g/mol. The summed E-state index contributed by atoms with van der Waals surface area (Å²) in [5.74, 6) is 0.949. The van der Waals surface area contributed by atoms with E-state index < -0.39 is 0 Å². The molecule has 0 radical (unpaired) electrons. The molecule has 2 nitrogen and oxygen atoms in total. The van der Waals surface area contributed by atoms with Crippen LogP contribution in [0.15, 0.2) is 18.2 Å². The zero-order valence-corrected chi connectivity index (χ0v) is 7.92. The lowest BCUT2D eigenvalue weighted by Crippen LogP contribution is -2.18. The molecule has 1 aromatic carbocycles. The number of hydrogen-bond donors (Lipinski definition) is 1. The van der Waals surface area contributed by atoms with Crippen molar-refractivity contribution in [3.8, 4) is 5.75 Å². The second-order valence-electron chi connectivity index (χ2n) is 3.53. The summed E-state index contributed by atoms with van der Waals surface area (Å²) in [6.07, 6.45) is 3.41. The van der Waals surface area contributed by atoms with Gasteiger partial charge in [-0.25, -0.2) is 0 Å². The lowest BCUT2D eigenvalue weighted by atomic mass is 9.87. The average Bonchev–Trinajstić information content (AvgIpc) is 2.17. The smallest absolute Gasteiger partial charge is 0.123 e. The zero-order chi connectivity index (χ0) is 9.26. The van der Waals surface area contributed by atoms with Crippen molar-refractivity contribution in [1.82, 2.24) is 0 Å². The summed E-state index contributed by atoms with van der Waals surface area (Å²) in [6.45, 7) is 0. The third-order valence-corrected chi connectivity index (χ3v) is 2.71. The molecule has 0 spiro atoms. The van der Waals surface area contributed by atoms with Crippen molar-refractivity contribution < 1.29 is 4.74 Å². The van der Waals surface area contributed by atoms with Crippen LogP contribution < -0.4 is 10.5 Å². The molecule has 2 N–H and O–H groups in total. The van der Waals surface area contributed by atoms with E-state index in [2.05, 4.69) is 6.07 Å². The van der Waals surface area contributed by atoms with Crippen LogP contribution in [0.2, 0.25) is 0 Å². The molecule has 2 rings (SSSR count). The maximum absolute atomic E-state index is 6.04. The van der Waals surface area contributed by atoms with Crippen LogP contribution in [0, 0.1) is 0 Å². The molecule has 0 aliphatic heterocycles. The number of ether oxygens (including phenoxy) is 1. The molecule has 0 fully saturated rings. The number of fused-ring (bicyclic) bond motifs is 1. The third kappa shape index (κ3) is 1.42. The van der Waals surface area contributed by atoms with Gasteiger partial charge >= 0.3 is 0 Å². The number of hydrogen-bond acceptors (Lipinski definition) is 2. The Morgan fingerprint density at radius 1 is 1.46 bits per heavy atom. The highest BCUT2D eigenvalue weighted by molar-refractivity contribution is 5.43. The van der Waals surface area contributed by atoms with E-state index in [0.717, 1.165) is 18.6 Å². The van der Waals surface area contributed by atoms with Crippen LogP contribution in [0.25, 0.3) is 0 Å². The number of nitrogens with two attached hydrogens (primary N) is 1. The second kappa shape index (κ2) is 3.38. The van der Waals surface area contributed by atoms with Crippen molar-refractivity contribution in [2.45, 2.75) is 25.3 Å². The fraction of sp³-hybridized carbons (Fsp3) is 0.455. The summed E-state index contributed by atoms with van der Waals surface area (Å²) < 4.78 is 5.30. The lowest BCUT2D eigenvalue weighted by molar-refractivity contribution is 0.399. The molecule has 1 unspecified atom stereocenters. The largest absolute Gasteiger partial charge is 0.496 e. The van der Waals surface area contributed by atoms with Crippen LogP contribution in [0.5, 0.6) is 5.75 Å². The summed E-state index contributed by atoms with van der Waals surface area (Å²) in [5, 5.41) is 0. The minimum Gasteiger partial charge on any atom is -0.496 e.